The fraction of sp³-hybridized carbons (Fsp3) is 0.615. The van der Waals surface area contributed by atoms with Gasteiger partial charge in [0.2, 0.25) is 5.95 Å². The van der Waals surface area contributed by atoms with Crippen molar-refractivity contribution in [3.05, 3.63) is 6.20 Å². The standard InChI is InChI=1S/C13H22N6/c1-4-5-6-7-9(2)16-11-10-8-15-19-12(10)18-13(14-3)17-11/h8-9H,4-7H2,1-3H3,(H3,14,15,16,17,18,19). The summed E-state index contributed by atoms with van der Waals surface area (Å²) in [5.41, 5.74) is 0.752. The monoisotopic (exact) mass is 262 g/mol. The second-order valence-electron chi connectivity index (χ2n) is 4.82. The third-order valence-electron chi connectivity index (χ3n) is 3.16. The lowest BCUT2D eigenvalue weighted by Crippen LogP contribution is -2.16. The van der Waals surface area contributed by atoms with Crippen LogP contribution in [0.3, 0.4) is 0 Å². The summed E-state index contributed by atoms with van der Waals surface area (Å²) in [6, 6.07) is 0.393. The topological polar surface area (TPSA) is 78.5 Å². The summed E-state index contributed by atoms with van der Waals surface area (Å²) in [5.74, 6) is 1.44. The fourth-order valence-corrected chi connectivity index (χ4v) is 2.06. The highest BCUT2D eigenvalue weighted by molar-refractivity contribution is 5.87. The minimum absolute atomic E-state index is 0.393. The van der Waals surface area contributed by atoms with E-state index in [0.29, 0.717) is 12.0 Å². The smallest absolute Gasteiger partial charge is 0.226 e. The Hall–Kier alpha value is -1.85. The van der Waals surface area contributed by atoms with Gasteiger partial charge in [0, 0.05) is 13.1 Å². The average molecular weight is 262 g/mol. The van der Waals surface area contributed by atoms with E-state index in [2.05, 4.69) is 44.6 Å². The first-order valence-corrected chi connectivity index (χ1v) is 6.90. The van der Waals surface area contributed by atoms with Crippen molar-refractivity contribution in [3.63, 3.8) is 0 Å². The molecule has 0 fully saturated rings. The van der Waals surface area contributed by atoms with Crippen molar-refractivity contribution in [2.45, 2.75) is 45.6 Å². The molecule has 0 aliphatic carbocycles. The van der Waals surface area contributed by atoms with Gasteiger partial charge in [-0.1, -0.05) is 26.2 Å². The number of hydrogen-bond donors (Lipinski definition) is 3. The highest BCUT2D eigenvalue weighted by Gasteiger charge is 2.11. The van der Waals surface area contributed by atoms with E-state index in [4.69, 9.17) is 0 Å². The van der Waals surface area contributed by atoms with Crippen LogP contribution in [0.15, 0.2) is 6.20 Å². The number of aromatic nitrogens is 4. The average Bonchev–Trinajstić information content (AvgIpc) is 2.87. The number of aromatic amines is 1. The summed E-state index contributed by atoms with van der Waals surface area (Å²) >= 11 is 0. The molecule has 0 aliphatic heterocycles. The summed E-state index contributed by atoms with van der Waals surface area (Å²) in [5, 5.41) is 14.3. The number of rotatable bonds is 7. The van der Waals surface area contributed by atoms with Gasteiger partial charge in [0.05, 0.1) is 11.6 Å². The zero-order valence-electron chi connectivity index (χ0n) is 11.8. The van der Waals surface area contributed by atoms with Crippen LogP contribution in [0.4, 0.5) is 11.8 Å². The Morgan fingerprint density at radius 3 is 2.89 bits per heavy atom. The van der Waals surface area contributed by atoms with Crippen molar-refractivity contribution in [1.82, 2.24) is 20.2 Å². The van der Waals surface area contributed by atoms with Crippen LogP contribution in [-0.4, -0.2) is 33.3 Å². The third-order valence-corrected chi connectivity index (χ3v) is 3.16. The Labute approximate surface area is 113 Å². The van der Waals surface area contributed by atoms with Gasteiger partial charge in [-0.2, -0.15) is 15.1 Å². The van der Waals surface area contributed by atoms with Gasteiger partial charge >= 0.3 is 0 Å². The number of anilines is 2. The van der Waals surface area contributed by atoms with Gasteiger partial charge in [0.15, 0.2) is 5.65 Å². The van der Waals surface area contributed by atoms with Gasteiger partial charge in [0.25, 0.3) is 0 Å². The lowest BCUT2D eigenvalue weighted by Gasteiger charge is -2.15. The second kappa shape index (κ2) is 6.36. The zero-order chi connectivity index (χ0) is 13.7. The number of fused-ring (bicyclic) bond motifs is 1. The van der Waals surface area contributed by atoms with Gasteiger partial charge in [-0.3, -0.25) is 5.10 Å². The van der Waals surface area contributed by atoms with Crippen molar-refractivity contribution >= 4 is 22.8 Å². The first kappa shape index (κ1) is 13.6. The summed E-state index contributed by atoms with van der Waals surface area (Å²) < 4.78 is 0. The molecule has 2 rings (SSSR count). The summed E-state index contributed by atoms with van der Waals surface area (Å²) in [4.78, 5) is 8.78. The molecular formula is C13H22N6. The first-order chi connectivity index (χ1) is 9.24. The number of unbranched alkanes of at least 4 members (excludes halogenated alkanes) is 2. The molecule has 0 radical (unpaired) electrons. The molecule has 2 aromatic rings. The Balaban J connectivity index is 2.12. The molecule has 0 bridgehead atoms. The van der Waals surface area contributed by atoms with Crippen LogP contribution in [0.25, 0.3) is 11.0 Å². The molecule has 1 atom stereocenters. The summed E-state index contributed by atoms with van der Waals surface area (Å²) in [7, 11) is 1.81. The maximum absolute atomic E-state index is 4.47. The highest BCUT2D eigenvalue weighted by atomic mass is 15.2. The van der Waals surface area contributed by atoms with E-state index < -0.39 is 0 Å². The molecular weight excluding hydrogens is 240 g/mol. The third kappa shape index (κ3) is 3.33. The molecule has 3 N–H and O–H groups in total. The first-order valence-electron chi connectivity index (χ1n) is 6.90. The minimum Gasteiger partial charge on any atom is -0.367 e. The van der Waals surface area contributed by atoms with Crippen LogP contribution in [-0.2, 0) is 0 Å². The van der Waals surface area contributed by atoms with Crippen LogP contribution in [0.2, 0.25) is 0 Å². The molecule has 104 valence electrons. The van der Waals surface area contributed by atoms with E-state index in [1.54, 1.807) is 6.20 Å². The lowest BCUT2D eigenvalue weighted by molar-refractivity contribution is 0.614. The molecule has 0 aromatic carbocycles. The summed E-state index contributed by atoms with van der Waals surface area (Å²) in [6.07, 6.45) is 6.67. The predicted molar refractivity (Wildman–Crippen MR) is 78.5 cm³/mol. The molecule has 0 saturated heterocycles. The minimum atomic E-state index is 0.393. The van der Waals surface area contributed by atoms with Gasteiger partial charge in [-0.15, -0.1) is 0 Å². The molecule has 6 nitrogen and oxygen atoms in total. The van der Waals surface area contributed by atoms with Crippen LogP contribution in [0, 0.1) is 0 Å². The van der Waals surface area contributed by atoms with Crippen LogP contribution < -0.4 is 10.6 Å². The number of hydrogen-bond acceptors (Lipinski definition) is 5. The molecule has 0 amide bonds. The Bertz CT molecular complexity index is 521. The normalized spacial score (nSPS) is 12.6. The van der Waals surface area contributed by atoms with Crippen molar-refractivity contribution in [3.8, 4) is 0 Å². The second-order valence-corrected chi connectivity index (χ2v) is 4.82. The molecule has 0 aliphatic rings. The van der Waals surface area contributed by atoms with E-state index in [0.717, 1.165) is 23.3 Å². The van der Waals surface area contributed by atoms with Gasteiger partial charge in [-0.05, 0) is 13.3 Å². The van der Waals surface area contributed by atoms with Crippen molar-refractivity contribution < 1.29 is 0 Å². The van der Waals surface area contributed by atoms with Crippen molar-refractivity contribution in [2.24, 2.45) is 0 Å². The fourth-order valence-electron chi connectivity index (χ4n) is 2.06. The van der Waals surface area contributed by atoms with Crippen molar-refractivity contribution in [2.75, 3.05) is 17.7 Å². The maximum Gasteiger partial charge on any atom is 0.226 e. The molecule has 2 aromatic heterocycles. The number of nitrogens with zero attached hydrogens (tertiary/aromatic N) is 3. The van der Waals surface area contributed by atoms with Gasteiger partial charge in [0.1, 0.15) is 5.82 Å². The van der Waals surface area contributed by atoms with Gasteiger partial charge < -0.3 is 10.6 Å². The molecule has 2 heterocycles. The van der Waals surface area contributed by atoms with E-state index in [1.165, 1.54) is 19.3 Å². The predicted octanol–water partition coefficient (Wildman–Crippen LogP) is 2.78. The zero-order valence-corrected chi connectivity index (χ0v) is 11.8. The quantitative estimate of drug-likeness (QED) is 0.669. The van der Waals surface area contributed by atoms with Crippen LogP contribution >= 0.6 is 0 Å². The van der Waals surface area contributed by atoms with E-state index >= 15 is 0 Å². The van der Waals surface area contributed by atoms with Crippen molar-refractivity contribution in [1.29, 1.82) is 0 Å². The molecule has 1 unspecified atom stereocenters. The van der Waals surface area contributed by atoms with Crippen LogP contribution in [0.1, 0.15) is 39.5 Å². The highest BCUT2D eigenvalue weighted by Crippen LogP contribution is 2.21. The molecule has 0 saturated carbocycles. The molecule has 6 heteroatoms. The SMILES string of the molecule is CCCCCC(C)Nc1nc(NC)nc2[nH]ncc12. The molecule has 19 heavy (non-hydrogen) atoms. The van der Waals surface area contributed by atoms with E-state index in [1.807, 2.05) is 7.05 Å². The van der Waals surface area contributed by atoms with Crippen LogP contribution in [0.5, 0.6) is 0 Å². The maximum atomic E-state index is 4.47. The number of nitrogens with one attached hydrogen (secondary N) is 3. The largest absolute Gasteiger partial charge is 0.367 e. The Morgan fingerprint density at radius 1 is 1.32 bits per heavy atom. The Kier molecular flexibility index (Phi) is 4.54. The van der Waals surface area contributed by atoms with Gasteiger partial charge in [-0.25, -0.2) is 0 Å². The molecule has 0 spiro atoms. The lowest BCUT2D eigenvalue weighted by atomic mass is 10.1. The summed E-state index contributed by atoms with van der Waals surface area (Å²) in [6.45, 7) is 4.40. The van der Waals surface area contributed by atoms with E-state index in [-0.39, 0.29) is 0 Å². The number of H-pyrrole nitrogens is 1. The Morgan fingerprint density at radius 2 is 2.16 bits per heavy atom. The van der Waals surface area contributed by atoms with E-state index in [9.17, 15) is 0 Å².